The Morgan fingerprint density at radius 3 is 2.64 bits per heavy atom. The van der Waals surface area contributed by atoms with Crippen molar-refractivity contribution >= 4 is 34.6 Å². The van der Waals surface area contributed by atoms with Crippen molar-refractivity contribution in [1.29, 1.82) is 0 Å². The Bertz CT molecular complexity index is 827. The summed E-state index contributed by atoms with van der Waals surface area (Å²) in [6, 6.07) is 20.6. The molecule has 3 aromatic rings. The predicted molar refractivity (Wildman–Crippen MR) is 110 cm³/mol. The molecule has 0 spiro atoms. The van der Waals surface area contributed by atoms with Gasteiger partial charge in [-0.3, -0.25) is 0 Å². The van der Waals surface area contributed by atoms with E-state index in [1.807, 2.05) is 29.6 Å². The van der Waals surface area contributed by atoms with Gasteiger partial charge in [-0.25, -0.2) is 4.99 Å². The first-order valence-electron chi connectivity index (χ1n) is 8.06. The fourth-order valence-corrected chi connectivity index (χ4v) is 3.75. The number of benzene rings is 2. The highest BCUT2D eigenvalue weighted by molar-refractivity contribution is 7.98. The van der Waals surface area contributed by atoms with E-state index in [1.54, 1.807) is 23.1 Å². The molecule has 0 radical (unpaired) electrons. The van der Waals surface area contributed by atoms with E-state index in [1.165, 1.54) is 16.0 Å². The number of nitrogens with two attached hydrogens (primary N) is 1. The zero-order valence-corrected chi connectivity index (χ0v) is 15.7. The Morgan fingerprint density at radius 1 is 1.08 bits per heavy atom. The smallest absolute Gasteiger partial charge is 0.141 e. The highest BCUT2D eigenvalue weighted by atomic mass is 32.2. The van der Waals surface area contributed by atoms with Crippen molar-refractivity contribution in [3.05, 3.63) is 82.0 Å². The molecule has 0 unspecified atom stereocenters. The highest BCUT2D eigenvalue weighted by Crippen LogP contribution is 2.26. The van der Waals surface area contributed by atoms with Crippen molar-refractivity contribution in [1.82, 2.24) is 5.32 Å². The minimum atomic E-state index is 0.565. The molecular formula is C20H21N3S2. The molecule has 0 amide bonds. The lowest BCUT2D eigenvalue weighted by molar-refractivity contribution is 0.686. The molecule has 0 saturated carbocycles. The maximum atomic E-state index is 6.11. The number of thiophene rings is 1. The topological polar surface area (TPSA) is 50.4 Å². The number of thioether (sulfide) groups is 1. The second-order valence-corrected chi connectivity index (χ2v) is 7.36. The summed E-state index contributed by atoms with van der Waals surface area (Å²) in [5, 5.41) is 5.52. The van der Waals surface area contributed by atoms with E-state index in [2.05, 4.69) is 53.0 Å². The van der Waals surface area contributed by atoms with Gasteiger partial charge in [0.1, 0.15) is 5.84 Å². The fraction of sp³-hybridized carbons (Fsp3) is 0.150. The molecule has 0 aliphatic rings. The van der Waals surface area contributed by atoms with E-state index in [-0.39, 0.29) is 0 Å². The maximum Gasteiger partial charge on any atom is 0.141 e. The number of rotatable bonds is 7. The van der Waals surface area contributed by atoms with E-state index in [0.717, 1.165) is 23.7 Å². The van der Waals surface area contributed by atoms with Crippen molar-refractivity contribution in [3.8, 4) is 0 Å². The maximum absolute atomic E-state index is 6.11. The number of aliphatic imine (C=N–C) groups is 1. The van der Waals surface area contributed by atoms with E-state index in [4.69, 9.17) is 5.73 Å². The van der Waals surface area contributed by atoms with Gasteiger partial charge in [0.25, 0.3) is 0 Å². The first kappa shape index (κ1) is 17.7. The van der Waals surface area contributed by atoms with Crippen LogP contribution < -0.4 is 11.1 Å². The lowest BCUT2D eigenvalue weighted by atomic mass is 10.2. The number of amidine groups is 1. The molecule has 1 heterocycles. The minimum Gasteiger partial charge on any atom is -0.383 e. The summed E-state index contributed by atoms with van der Waals surface area (Å²) < 4.78 is 0. The summed E-state index contributed by atoms with van der Waals surface area (Å²) in [7, 11) is 0. The van der Waals surface area contributed by atoms with E-state index >= 15 is 0 Å². The van der Waals surface area contributed by atoms with Crippen molar-refractivity contribution in [3.63, 3.8) is 0 Å². The van der Waals surface area contributed by atoms with Crippen molar-refractivity contribution in [2.75, 3.05) is 6.26 Å². The molecule has 5 heteroatoms. The summed E-state index contributed by atoms with van der Waals surface area (Å²) in [6.45, 7) is 1.65. The standard InChI is InChI=1S/C20H21N3S2/c1-24-18-10-9-17(23-20(21)19-8-5-11-25-19)12-16(18)14-22-13-15-6-3-2-4-7-15/h2-12,22H,13-14H2,1H3,(H2,21,23). The normalized spacial score (nSPS) is 11.6. The van der Waals surface area contributed by atoms with Crippen LogP contribution in [0.15, 0.2) is 75.9 Å². The fourth-order valence-electron chi connectivity index (χ4n) is 2.53. The Hall–Kier alpha value is -2.08. The Balaban J connectivity index is 1.72. The summed E-state index contributed by atoms with van der Waals surface area (Å²) in [5.74, 6) is 0.565. The molecule has 128 valence electrons. The molecule has 0 fully saturated rings. The van der Waals surface area contributed by atoms with Gasteiger partial charge in [-0.2, -0.15) is 0 Å². The molecule has 25 heavy (non-hydrogen) atoms. The Morgan fingerprint density at radius 2 is 1.92 bits per heavy atom. The zero-order chi connectivity index (χ0) is 17.5. The monoisotopic (exact) mass is 367 g/mol. The molecule has 0 bridgehead atoms. The Labute approximate surface area is 157 Å². The average molecular weight is 368 g/mol. The molecule has 0 atom stereocenters. The third-order valence-corrected chi connectivity index (χ3v) is 5.51. The highest BCUT2D eigenvalue weighted by Gasteiger charge is 2.05. The summed E-state index contributed by atoms with van der Waals surface area (Å²) in [4.78, 5) is 6.83. The quantitative estimate of drug-likeness (QED) is 0.358. The molecule has 0 aliphatic heterocycles. The summed E-state index contributed by atoms with van der Waals surface area (Å²) in [5.41, 5.74) is 9.52. The summed E-state index contributed by atoms with van der Waals surface area (Å²) in [6.07, 6.45) is 2.10. The van der Waals surface area contributed by atoms with Gasteiger partial charge in [-0.05, 0) is 47.0 Å². The Kier molecular flexibility index (Phi) is 6.28. The van der Waals surface area contributed by atoms with Crippen LogP contribution in [0.4, 0.5) is 5.69 Å². The van der Waals surface area contributed by atoms with Gasteiger partial charge in [0, 0.05) is 18.0 Å². The minimum absolute atomic E-state index is 0.565. The van der Waals surface area contributed by atoms with Gasteiger partial charge in [0.15, 0.2) is 0 Å². The molecular weight excluding hydrogens is 346 g/mol. The first-order chi connectivity index (χ1) is 12.3. The van der Waals surface area contributed by atoms with Crippen molar-refractivity contribution in [2.45, 2.75) is 18.0 Å². The van der Waals surface area contributed by atoms with Crippen LogP contribution in [0.5, 0.6) is 0 Å². The third kappa shape index (κ3) is 4.95. The van der Waals surface area contributed by atoms with Crippen LogP contribution in [-0.2, 0) is 13.1 Å². The van der Waals surface area contributed by atoms with Crippen LogP contribution in [-0.4, -0.2) is 12.1 Å². The van der Waals surface area contributed by atoms with Gasteiger partial charge in [0.05, 0.1) is 10.6 Å². The van der Waals surface area contributed by atoms with E-state index < -0.39 is 0 Å². The van der Waals surface area contributed by atoms with Crippen molar-refractivity contribution in [2.24, 2.45) is 10.7 Å². The lowest BCUT2D eigenvalue weighted by Crippen LogP contribution is -2.13. The van der Waals surface area contributed by atoms with Gasteiger partial charge < -0.3 is 11.1 Å². The third-order valence-electron chi connectivity index (χ3n) is 3.77. The van der Waals surface area contributed by atoms with Crippen LogP contribution in [0.1, 0.15) is 16.0 Å². The number of nitrogens with one attached hydrogen (secondary N) is 1. The second-order valence-electron chi connectivity index (χ2n) is 5.56. The van der Waals surface area contributed by atoms with Gasteiger partial charge in [-0.1, -0.05) is 36.4 Å². The SMILES string of the molecule is CSc1ccc(N=C(N)c2cccs2)cc1CNCc1ccccc1. The number of nitrogens with zero attached hydrogens (tertiary/aromatic N) is 1. The zero-order valence-electron chi connectivity index (χ0n) is 14.1. The molecule has 0 saturated heterocycles. The van der Waals surface area contributed by atoms with Crippen LogP contribution >= 0.6 is 23.1 Å². The predicted octanol–water partition coefficient (Wildman–Crippen LogP) is 4.80. The van der Waals surface area contributed by atoms with Crippen molar-refractivity contribution < 1.29 is 0 Å². The molecule has 3 N–H and O–H groups in total. The van der Waals surface area contributed by atoms with Gasteiger partial charge >= 0.3 is 0 Å². The van der Waals surface area contributed by atoms with E-state index in [0.29, 0.717) is 5.84 Å². The second kappa shape index (κ2) is 8.85. The van der Waals surface area contributed by atoms with Gasteiger partial charge in [0.2, 0.25) is 0 Å². The largest absolute Gasteiger partial charge is 0.383 e. The lowest BCUT2D eigenvalue weighted by Gasteiger charge is -2.10. The molecule has 3 nitrogen and oxygen atoms in total. The molecule has 0 aliphatic carbocycles. The first-order valence-corrected chi connectivity index (χ1v) is 10.2. The van der Waals surface area contributed by atoms with E-state index in [9.17, 15) is 0 Å². The number of hydrogen-bond acceptors (Lipinski definition) is 4. The van der Waals surface area contributed by atoms with Crippen LogP contribution in [0.25, 0.3) is 0 Å². The van der Waals surface area contributed by atoms with Crippen LogP contribution in [0.3, 0.4) is 0 Å². The molecule has 3 rings (SSSR count). The average Bonchev–Trinajstić information content (AvgIpc) is 3.18. The number of hydrogen-bond donors (Lipinski definition) is 2. The molecule has 1 aromatic heterocycles. The van der Waals surface area contributed by atoms with Gasteiger partial charge in [-0.15, -0.1) is 23.1 Å². The van der Waals surface area contributed by atoms with Crippen LogP contribution in [0.2, 0.25) is 0 Å². The summed E-state index contributed by atoms with van der Waals surface area (Å²) >= 11 is 3.35. The molecule has 2 aromatic carbocycles. The van der Waals surface area contributed by atoms with Crippen LogP contribution in [0, 0.1) is 0 Å².